The number of ether oxygens (including phenoxy) is 2. The molecular formula is C23H30N4O5. The van der Waals surface area contributed by atoms with Gasteiger partial charge in [0.1, 0.15) is 5.76 Å². The molecular weight excluding hydrogens is 412 g/mol. The first kappa shape index (κ1) is 23.3. The van der Waals surface area contributed by atoms with E-state index in [1.807, 2.05) is 25.9 Å². The van der Waals surface area contributed by atoms with Gasteiger partial charge in [0.2, 0.25) is 0 Å². The number of likely N-dealkylation sites (N-methyl/N-ethyl adjacent to an activating group) is 1. The van der Waals surface area contributed by atoms with Gasteiger partial charge in [-0.2, -0.15) is 5.10 Å². The van der Waals surface area contributed by atoms with Crippen LogP contribution in [0.2, 0.25) is 0 Å². The summed E-state index contributed by atoms with van der Waals surface area (Å²) in [7, 11) is 8.61. The third-order valence-corrected chi connectivity index (χ3v) is 5.80. The van der Waals surface area contributed by atoms with E-state index in [1.54, 1.807) is 36.9 Å². The second-order valence-corrected chi connectivity index (χ2v) is 8.08. The highest BCUT2D eigenvalue weighted by Crippen LogP contribution is 2.42. The van der Waals surface area contributed by atoms with Crippen molar-refractivity contribution in [1.29, 1.82) is 0 Å². The molecule has 0 radical (unpaired) electrons. The molecule has 1 aromatic carbocycles. The molecule has 172 valence electrons. The number of likely N-dealkylation sites (tertiary alicyclic amines) is 1. The van der Waals surface area contributed by atoms with Crippen molar-refractivity contribution in [2.45, 2.75) is 19.9 Å². The number of benzene rings is 1. The van der Waals surface area contributed by atoms with Gasteiger partial charge in [0.05, 0.1) is 37.1 Å². The number of carbonyl (C=O) groups excluding carboxylic acids is 2. The lowest BCUT2D eigenvalue weighted by Crippen LogP contribution is -2.35. The average Bonchev–Trinajstić information content (AvgIpc) is 3.16. The van der Waals surface area contributed by atoms with Gasteiger partial charge in [-0.3, -0.25) is 14.3 Å². The largest absolute Gasteiger partial charge is 0.507 e. The molecule has 32 heavy (non-hydrogen) atoms. The summed E-state index contributed by atoms with van der Waals surface area (Å²) in [4.78, 5) is 29.6. The number of aromatic nitrogens is 2. The highest BCUT2D eigenvalue weighted by Gasteiger charge is 2.46. The second kappa shape index (κ2) is 9.04. The summed E-state index contributed by atoms with van der Waals surface area (Å²) in [6.07, 6.45) is 0. The summed E-state index contributed by atoms with van der Waals surface area (Å²) in [6.45, 7) is 4.44. The van der Waals surface area contributed by atoms with Crippen molar-refractivity contribution in [3.63, 3.8) is 0 Å². The zero-order valence-corrected chi connectivity index (χ0v) is 19.6. The van der Waals surface area contributed by atoms with Crippen LogP contribution in [0.4, 0.5) is 0 Å². The fourth-order valence-electron chi connectivity index (χ4n) is 4.04. The van der Waals surface area contributed by atoms with E-state index >= 15 is 0 Å². The molecule has 1 N–H and O–H groups in total. The maximum Gasteiger partial charge on any atom is 0.295 e. The lowest BCUT2D eigenvalue weighted by Gasteiger charge is -2.27. The Hall–Kier alpha value is -3.33. The molecule has 9 heteroatoms. The van der Waals surface area contributed by atoms with Gasteiger partial charge in [0.25, 0.3) is 11.7 Å². The zero-order valence-electron chi connectivity index (χ0n) is 19.6. The Labute approximate surface area is 187 Å². The van der Waals surface area contributed by atoms with Crippen LogP contribution in [0.1, 0.15) is 28.6 Å². The van der Waals surface area contributed by atoms with Crippen molar-refractivity contribution in [1.82, 2.24) is 19.6 Å². The van der Waals surface area contributed by atoms with Crippen LogP contribution in [0.3, 0.4) is 0 Å². The highest BCUT2D eigenvalue weighted by atomic mass is 16.5. The standard InChI is InChI=1S/C23H30N4O5/c1-13-18(14(2)26(5)24-13)21(28)19-20(15-8-9-16(31-6)17(12-15)32-7)27(11-10-25(3)4)23(30)22(19)29/h8-9,12,20,28H,10-11H2,1-7H3. The van der Waals surface area contributed by atoms with Gasteiger partial charge >= 0.3 is 0 Å². The van der Waals surface area contributed by atoms with E-state index in [0.29, 0.717) is 47.1 Å². The van der Waals surface area contributed by atoms with Crippen LogP contribution in [0, 0.1) is 13.8 Å². The van der Waals surface area contributed by atoms with Crippen LogP contribution in [0.5, 0.6) is 11.5 Å². The Balaban J connectivity index is 2.24. The van der Waals surface area contributed by atoms with Crippen LogP contribution in [-0.2, 0) is 16.6 Å². The van der Waals surface area contributed by atoms with Gasteiger partial charge in [-0.05, 0) is 45.6 Å². The van der Waals surface area contributed by atoms with E-state index in [1.165, 1.54) is 19.1 Å². The molecule has 2 heterocycles. The van der Waals surface area contributed by atoms with Crippen molar-refractivity contribution >= 4 is 17.4 Å². The average molecular weight is 443 g/mol. The van der Waals surface area contributed by atoms with Crippen molar-refractivity contribution in [2.75, 3.05) is 41.4 Å². The lowest BCUT2D eigenvalue weighted by atomic mass is 9.94. The molecule has 1 atom stereocenters. The van der Waals surface area contributed by atoms with Crippen molar-refractivity contribution in [3.05, 3.63) is 46.3 Å². The maximum atomic E-state index is 13.2. The second-order valence-electron chi connectivity index (χ2n) is 8.08. The normalized spacial score (nSPS) is 18.0. The molecule has 2 aromatic rings. The van der Waals surface area contributed by atoms with Gasteiger partial charge in [-0.1, -0.05) is 6.07 Å². The third kappa shape index (κ3) is 3.95. The van der Waals surface area contributed by atoms with Gasteiger partial charge in [0, 0.05) is 25.8 Å². The maximum absolute atomic E-state index is 13.2. The molecule has 1 aliphatic heterocycles. The number of Topliss-reactive ketones (excluding diaryl/α,β-unsaturated/α-hetero) is 1. The number of aryl methyl sites for hydroxylation is 2. The summed E-state index contributed by atoms with van der Waals surface area (Å²) in [5, 5.41) is 15.6. The van der Waals surface area contributed by atoms with Gasteiger partial charge in [0.15, 0.2) is 11.5 Å². The predicted octanol–water partition coefficient (Wildman–Crippen LogP) is 2.04. The van der Waals surface area contributed by atoms with Gasteiger partial charge < -0.3 is 24.4 Å². The number of aliphatic hydroxyl groups is 1. The molecule has 1 fully saturated rings. The number of rotatable bonds is 7. The summed E-state index contributed by atoms with van der Waals surface area (Å²) in [5.41, 5.74) is 2.42. The number of carbonyl (C=O) groups is 2. The number of amides is 1. The Morgan fingerprint density at radius 1 is 1.16 bits per heavy atom. The van der Waals surface area contributed by atoms with Gasteiger partial charge in [-0.25, -0.2) is 0 Å². The minimum absolute atomic E-state index is 0.0418. The number of ketones is 1. The number of aliphatic hydroxyl groups excluding tert-OH is 1. The van der Waals surface area contributed by atoms with Crippen LogP contribution >= 0.6 is 0 Å². The third-order valence-electron chi connectivity index (χ3n) is 5.80. The topological polar surface area (TPSA) is 97.1 Å². The summed E-state index contributed by atoms with van der Waals surface area (Å²) < 4.78 is 12.4. The lowest BCUT2D eigenvalue weighted by molar-refractivity contribution is -0.140. The van der Waals surface area contributed by atoms with Crippen molar-refractivity contribution in [2.24, 2.45) is 7.05 Å². The molecule has 1 aliphatic rings. The summed E-state index contributed by atoms with van der Waals surface area (Å²) in [6, 6.07) is 4.46. The minimum Gasteiger partial charge on any atom is -0.507 e. The molecule has 1 unspecified atom stereocenters. The quantitative estimate of drug-likeness (QED) is 0.398. The molecule has 1 aromatic heterocycles. The first-order valence-corrected chi connectivity index (χ1v) is 10.3. The molecule has 0 spiro atoms. The predicted molar refractivity (Wildman–Crippen MR) is 120 cm³/mol. The molecule has 0 bridgehead atoms. The van der Waals surface area contributed by atoms with E-state index < -0.39 is 17.7 Å². The smallest absolute Gasteiger partial charge is 0.295 e. The van der Waals surface area contributed by atoms with Crippen LogP contribution in [0.15, 0.2) is 23.8 Å². The molecule has 9 nitrogen and oxygen atoms in total. The van der Waals surface area contributed by atoms with E-state index in [2.05, 4.69) is 5.10 Å². The van der Waals surface area contributed by atoms with Crippen molar-refractivity contribution < 1.29 is 24.2 Å². The van der Waals surface area contributed by atoms with Crippen LogP contribution in [0.25, 0.3) is 5.76 Å². The fraction of sp³-hybridized carbons (Fsp3) is 0.435. The Kier molecular flexibility index (Phi) is 6.59. The molecule has 1 saturated heterocycles. The van der Waals surface area contributed by atoms with Gasteiger partial charge in [-0.15, -0.1) is 0 Å². The Bertz CT molecular complexity index is 1090. The molecule has 0 aliphatic carbocycles. The first-order valence-electron chi connectivity index (χ1n) is 10.3. The number of methoxy groups -OCH3 is 2. The van der Waals surface area contributed by atoms with Crippen LogP contribution in [-0.4, -0.2) is 77.8 Å². The van der Waals surface area contributed by atoms with E-state index in [9.17, 15) is 14.7 Å². The monoisotopic (exact) mass is 442 g/mol. The number of hydrogen-bond acceptors (Lipinski definition) is 7. The summed E-state index contributed by atoms with van der Waals surface area (Å²) >= 11 is 0. The summed E-state index contributed by atoms with van der Waals surface area (Å²) in [5.74, 6) is -0.591. The van der Waals surface area contributed by atoms with E-state index in [0.717, 1.165) is 0 Å². The van der Waals surface area contributed by atoms with Crippen molar-refractivity contribution in [3.8, 4) is 11.5 Å². The number of nitrogens with zero attached hydrogens (tertiary/aromatic N) is 4. The first-order chi connectivity index (χ1) is 15.1. The fourth-order valence-corrected chi connectivity index (χ4v) is 4.04. The molecule has 3 rings (SSSR count). The molecule has 0 saturated carbocycles. The van der Waals surface area contributed by atoms with Crippen LogP contribution < -0.4 is 9.47 Å². The Morgan fingerprint density at radius 2 is 1.81 bits per heavy atom. The SMILES string of the molecule is COc1ccc(C2C(=C(O)c3c(C)nn(C)c3C)C(=O)C(=O)N2CCN(C)C)cc1OC. The molecule has 1 amide bonds. The number of hydrogen-bond donors (Lipinski definition) is 1. The van der Waals surface area contributed by atoms with E-state index in [4.69, 9.17) is 9.47 Å². The minimum atomic E-state index is -0.770. The Morgan fingerprint density at radius 3 is 2.34 bits per heavy atom. The van der Waals surface area contributed by atoms with E-state index in [-0.39, 0.29) is 11.3 Å². The highest BCUT2D eigenvalue weighted by molar-refractivity contribution is 6.46. The zero-order chi connectivity index (χ0) is 23.7.